The first-order chi connectivity index (χ1) is 14.1. The number of aromatic nitrogens is 2. The van der Waals surface area contributed by atoms with Gasteiger partial charge in [-0.15, -0.1) is 0 Å². The van der Waals surface area contributed by atoms with Crippen LogP contribution in [0.25, 0.3) is 0 Å². The molecule has 6 heteroatoms. The molecule has 6 nitrogen and oxygen atoms in total. The minimum Gasteiger partial charge on any atom is -0.332 e. The standard InChI is InChI=1S/C23H35N5O/c1-16(29)19-9-17(10-19)13-27-7-5-18(6-8-27)20-11-24-23(25-12-20)28-21-3-4-22(28)15-26(2)14-21/h11-12,17-19,21-22H,3-10,13-15H2,1-2H3/t17-,19-,21?,22?. The van der Waals surface area contributed by atoms with Gasteiger partial charge in [0.2, 0.25) is 5.95 Å². The van der Waals surface area contributed by atoms with E-state index in [1.165, 1.54) is 37.8 Å². The van der Waals surface area contributed by atoms with E-state index in [2.05, 4.69) is 34.1 Å². The first kappa shape index (κ1) is 19.4. The Balaban J connectivity index is 1.13. The average Bonchev–Trinajstić information content (AvgIpc) is 2.96. The number of fused-ring (bicyclic) bond motifs is 2. The second-order valence-electron chi connectivity index (χ2n) is 10.0. The molecule has 4 fully saturated rings. The first-order valence-electron chi connectivity index (χ1n) is 11.6. The molecule has 0 amide bonds. The van der Waals surface area contributed by atoms with Crippen LogP contribution in [0, 0.1) is 11.8 Å². The van der Waals surface area contributed by atoms with Crippen molar-refractivity contribution in [2.45, 2.75) is 63.5 Å². The number of rotatable bonds is 5. The van der Waals surface area contributed by atoms with E-state index in [4.69, 9.17) is 9.97 Å². The summed E-state index contributed by atoms with van der Waals surface area (Å²) in [5.41, 5.74) is 1.31. The molecule has 0 spiro atoms. The summed E-state index contributed by atoms with van der Waals surface area (Å²) in [7, 11) is 2.23. The number of piperidine rings is 1. The summed E-state index contributed by atoms with van der Waals surface area (Å²) in [5.74, 6) is 3.01. The van der Waals surface area contributed by atoms with Gasteiger partial charge in [-0.2, -0.15) is 0 Å². The van der Waals surface area contributed by atoms with E-state index in [9.17, 15) is 4.79 Å². The zero-order chi connectivity index (χ0) is 20.0. The summed E-state index contributed by atoms with van der Waals surface area (Å²) < 4.78 is 0. The van der Waals surface area contributed by atoms with Gasteiger partial charge in [-0.05, 0) is 83.0 Å². The van der Waals surface area contributed by atoms with Crippen molar-refractivity contribution in [3.8, 4) is 0 Å². The number of piperazine rings is 1. The number of hydrogen-bond donors (Lipinski definition) is 0. The third-order valence-electron chi connectivity index (χ3n) is 7.94. The van der Waals surface area contributed by atoms with Crippen molar-refractivity contribution < 1.29 is 4.79 Å². The van der Waals surface area contributed by atoms with Gasteiger partial charge < -0.3 is 14.7 Å². The van der Waals surface area contributed by atoms with Gasteiger partial charge in [0.25, 0.3) is 0 Å². The van der Waals surface area contributed by atoms with Crippen LogP contribution in [0.5, 0.6) is 0 Å². The summed E-state index contributed by atoms with van der Waals surface area (Å²) in [6.07, 6.45) is 11.4. The summed E-state index contributed by atoms with van der Waals surface area (Å²) in [6, 6.07) is 1.17. The number of hydrogen-bond acceptors (Lipinski definition) is 6. The molecule has 1 aliphatic carbocycles. The van der Waals surface area contributed by atoms with Gasteiger partial charge in [-0.1, -0.05) is 0 Å². The Labute approximate surface area is 174 Å². The zero-order valence-corrected chi connectivity index (χ0v) is 18.0. The molecule has 3 aliphatic heterocycles. The fourth-order valence-corrected chi connectivity index (χ4v) is 6.15. The molecule has 4 aliphatic rings. The van der Waals surface area contributed by atoms with Gasteiger partial charge in [-0.25, -0.2) is 9.97 Å². The van der Waals surface area contributed by atoms with Gasteiger partial charge in [-0.3, -0.25) is 4.79 Å². The van der Waals surface area contributed by atoms with E-state index in [1.54, 1.807) is 6.92 Å². The van der Waals surface area contributed by atoms with Crippen LogP contribution in [0.3, 0.4) is 0 Å². The molecule has 0 radical (unpaired) electrons. The Morgan fingerprint density at radius 3 is 2.24 bits per heavy atom. The van der Waals surface area contributed by atoms with Crippen LogP contribution in [0.4, 0.5) is 5.95 Å². The van der Waals surface area contributed by atoms with Gasteiger partial charge in [0, 0.05) is 50.0 Å². The molecule has 0 N–H and O–H groups in total. The minimum absolute atomic E-state index is 0.351. The van der Waals surface area contributed by atoms with Crippen molar-refractivity contribution in [2.75, 3.05) is 44.7 Å². The average molecular weight is 398 g/mol. The Hall–Kier alpha value is -1.53. The van der Waals surface area contributed by atoms with E-state index in [0.717, 1.165) is 50.9 Å². The Morgan fingerprint density at radius 1 is 1.03 bits per heavy atom. The van der Waals surface area contributed by atoms with Gasteiger partial charge in [0.15, 0.2) is 0 Å². The maximum Gasteiger partial charge on any atom is 0.225 e. The SMILES string of the molecule is CC(=O)[C@H]1C[C@H](CN2CCC(c3cnc(N4C5CCC4CN(C)C5)nc3)CC2)C1. The van der Waals surface area contributed by atoms with Crippen molar-refractivity contribution >= 4 is 11.7 Å². The summed E-state index contributed by atoms with van der Waals surface area (Å²) in [6.45, 7) is 7.52. The smallest absolute Gasteiger partial charge is 0.225 e. The van der Waals surface area contributed by atoms with Crippen molar-refractivity contribution in [1.82, 2.24) is 19.8 Å². The molecular formula is C23H35N5O. The number of anilines is 1. The highest BCUT2D eigenvalue weighted by Crippen LogP contribution is 2.37. The van der Waals surface area contributed by atoms with E-state index >= 15 is 0 Å². The first-order valence-corrected chi connectivity index (χ1v) is 11.6. The molecule has 0 aromatic carbocycles. The molecule has 3 saturated heterocycles. The molecule has 4 heterocycles. The number of likely N-dealkylation sites (N-methyl/N-ethyl adjacent to an activating group) is 1. The van der Waals surface area contributed by atoms with Crippen LogP contribution in [-0.4, -0.2) is 77.4 Å². The van der Waals surface area contributed by atoms with Crippen LogP contribution >= 0.6 is 0 Å². The molecule has 1 aromatic heterocycles. The number of likely N-dealkylation sites (tertiary alicyclic amines) is 2. The third-order valence-corrected chi connectivity index (χ3v) is 7.94. The predicted octanol–water partition coefficient (Wildman–Crippen LogP) is 2.55. The summed E-state index contributed by atoms with van der Waals surface area (Å²) >= 11 is 0. The van der Waals surface area contributed by atoms with Crippen molar-refractivity contribution in [2.24, 2.45) is 11.8 Å². The number of carbonyl (C=O) groups is 1. The normalized spacial score (nSPS) is 33.7. The maximum atomic E-state index is 11.4. The molecule has 2 unspecified atom stereocenters. The molecule has 2 atom stereocenters. The lowest BCUT2D eigenvalue weighted by atomic mass is 9.72. The van der Waals surface area contributed by atoms with Crippen LogP contribution < -0.4 is 4.90 Å². The van der Waals surface area contributed by atoms with Crippen molar-refractivity contribution in [3.63, 3.8) is 0 Å². The Bertz CT molecular complexity index is 709. The lowest BCUT2D eigenvalue weighted by Crippen LogP contribution is -2.53. The molecule has 5 rings (SSSR count). The lowest BCUT2D eigenvalue weighted by Gasteiger charge is -2.40. The summed E-state index contributed by atoms with van der Waals surface area (Å²) in [4.78, 5) is 28.6. The topological polar surface area (TPSA) is 52.6 Å². The largest absolute Gasteiger partial charge is 0.332 e. The monoisotopic (exact) mass is 397 g/mol. The summed E-state index contributed by atoms with van der Waals surface area (Å²) in [5, 5.41) is 0. The van der Waals surface area contributed by atoms with Crippen LogP contribution in [0.15, 0.2) is 12.4 Å². The molecule has 1 aromatic rings. The highest BCUT2D eigenvalue weighted by atomic mass is 16.1. The number of Topliss-reactive ketones (excluding diaryl/α,β-unsaturated/α-hetero) is 1. The molecule has 2 bridgehead atoms. The lowest BCUT2D eigenvalue weighted by molar-refractivity contribution is -0.124. The quantitative estimate of drug-likeness (QED) is 0.761. The fraction of sp³-hybridized carbons (Fsp3) is 0.783. The van der Waals surface area contributed by atoms with Gasteiger partial charge in [0.05, 0.1) is 0 Å². The highest BCUT2D eigenvalue weighted by molar-refractivity contribution is 5.79. The molecular weight excluding hydrogens is 362 g/mol. The van der Waals surface area contributed by atoms with Crippen molar-refractivity contribution in [3.05, 3.63) is 18.0 Å². The second-order valence-corrected chi connectivity index (χ2v) is 10.0. The van der Waals surface area contributed by atoms with Crippen molar-refractivity contribution in [1.29, 1.82) is 0 Å². The van der Waals surface area contributed by atoms with Crippen LogP contribution in [0.1, 0.15) is 56.9 Å². The molecule has 1 saturated carbocycles. The number of ketones is 1. The van der Waals surface area contributed by atoms with Gasteiger partial charge >= 0.3 is 0 Å². The van der Waals surface area contributed by atoms with E-state index in [0.29, 0.717) is 29.7 Å². The second kappa shape index (κ2) is 7.95. The van der Waals surface area contributed by atoms with E-state index in [-0.39, 0.29) is 0 Å². The minimum atomic E-state index is 0.351. The number of carbonyl (C=O) groups excluding carboxylic acids is 1. The van der Waals surface area contributed by atoms with Crippen LogP contribution in [0.2, 0.25) is 0 Å². The van der Waals surface area contributed by atoms with Crippen LogP contribution in [-0.2, 0) is 4.79 Å². The fourth-order valence-electron chi connectivity index (χ4n) is 6.15. The molecule has 29 heavy (non-hydrogen) atoms. The predicted molar refractivity (Wildman–Crippen MR) is 114 cm³/mol. The van der Waals surface area contributed by atoms with E-state index < -0.39 is 0 Å². The number of nitrogens with zero attached hydrogens (tertiary/aromatic N) is 5. The Kier molecular flexibility index (Phi) is 5.33. The maximum absolute atomic E-state index is 11.4. The van der Waals surface area contributed by atoms with Gasteiger partial charge in [0.1, 0.15) is 5.78 Å². The molecule has 158 valence electrons. The third kappa shape index (κ3) is 3.93. The zero-order valence-electron chi connectivity index (χ0n) is 18.0. The Morgan fingerprint density at radius 2 is 1.66 bits per heavy atom. The van der Waals surface area contributed by atoms with E-state index in [1.807, 2.05) is 0 Å². The highest BCUT2D eigenvalue weighted by Gasteiger charge is 2.40.